The van der Waals surface area contributed by atoms with Crippen molar-refractivity contribution in [2.75, 3.05) is 7.05 Å². The molecule has 0 aliphatic carbocycles. The number of carbonyl (C=O) groups is 1. The Hall–Kier alpha value is -2.31. The first-order valence-corrected chi connectivity index (χ1v) is 4.62. The van der Waals surface area contributed by atoms with Crippen LogP contribution in [0.3, 0.4) is 0 Å². The van der Waals surface area contributed by atoms with Gasteiger partial charge in [0.2, 0.25) is 0 Å². The van der Waals surface area contributed by atoms with E-state index in [1.807, 2.05) is 0 Å². The lowest BCUT2D eigenvalue weighted by Gasteiger charge is -2.01. The van der Waals surface area contributed by atoms with E-state index in [2.05, 4.69) is 25.6 Å². The molecule has 0 saturated heterocycles. The van der Waals surface area contributed by atoms with Crippen molar-refractivity contribution in [2.24, 2.45) is 7.05 Å². The second-order valence-corrected chi connectivity index (χ2v) is 3.08. The van der Waals surface area contributed by atoms with Crippen molar-refractivity contribution in [3.8, 4) is 11.4 Å². The molecule has 0 aliphatic heterocycles. The van der Waals surface area contributed by atoms with Gasteiger partial charge in [0.15, 0.2) is 5.69 Å². The Balaban J connectivity index is 2.56. The summed E-state index contributed by atoms with van der Waals surface area (Å²) in [4.78, 5) is 19.6. The van der Waals surface area contributed by atoms with E-state index in [1.54, 1.807) is 25.6 Å². The van der Waals surface area contributed by atoms with Crippen LogP contribution in [0.4, 0.5) is 0 Å². The molecule has 0 unspecified atom stereocenters. The predicted octanol–water partition coefficient (Wildman–Crippen LogP) is -0.368. The molecule has 0 saturated carbocycles. The summed E-state index contributed by atoms with van der Waals surface area (Å²) in [5, 5.41) is 10.1. The van der Waals surface area contributed by atoms with Crippen molar-refractivity contribution in [3.63, 3.8) is 0 Å². The quantitative estimate of drug-likeness (QED) is 0.743. The van der Waals surface area contributed by atoms with Crippen LogP contribution in [-0.2, 0) is 7.05 Å². The topological polar surface area (TPSA) is 85.6 Å². The zero-order valence-corrected chi connectivity index (χ0v) is 8.88. The third-order valence-corrected chi connectivity index (χ3v) is 2.07. The highest BCUT2D eigenvalue weighted by molar-refractivity contribution is 5.97. The molecule has 0 aromatic carbocycles. The SMILES string of the molecule is CNC(=O)c1nnn(C)c1-c1cnccn1. The standard InChI is InChI=1S/C9H10N6O/c1-10-9(16)7-8(15(2)14-13-7)6-5-11-3-4-12-6/h3-5H,1-2H3,(H,10,16). The third kappa shape index (κ3) is 1.62. The van der Waals surface area contributed by atoms with Gasteiger partial charge in [-0.1, -0.05) is 5.21 Å². The van der Waals surface area contributed by atoms with Crippen molar-refractivity contribution in [2.45, 2.75) is 0 Å². The van der Waals surface area contributed by atoms with Gasteiger partial charge < -0.3 is 5.32 Å². The number of hydrogen-bond acceptors (Lipinski definition) is 5. The second kappa shape index (κ2) is 4.05. The van der Waals surface area contributed by atoms with Crippen molar-refractivity contribution in [1.82, 2.24) is 30.3 Å². The van der Waals surface area contributed by atoms with Gasteiger partial charge in [-0.15, -0.1) is 5.10 Å². The van der Waals surface area contributed by atoms with Crippen LogP contribution in [0.1, 0.15) is 10.5 Å². The minimum Gasteiger partial charge on any atom is -0.354 e. The van der Waals surface area contributed by atoms with Crippen LogP contribution >= 0.6 is 0 Å². The van der Waals surface area contributed by atoms with E-state index >= 15 is 0 Å². The molecule has 82 valence electrons. The van der Waals surface area contributed by atoms with Crippen molar-refractivity contribution in [1.29, 1.82) is 0 Å². The molecule has 0 fully saturated rings. The van der Waals surface area contributed by atoms with Crippen LogP contribution in [-0.4, -0.2) is 37.9 Å². The molecule has 0 aliphatic rings. The Morgan fingerprint density at radius 1 is 1.44 bits per heavy atom. The number of aryl methyl sites for hydroxylation is 1. The maximum atomic E-state index is 11.5. The van der Waals surface area contributed by atoms with Crippen LogP contribution in [0.25, 0.3) is 11.4 Å². The Morgan fingerprint density at radius 3 is 2.88 bits per heavy atom. The van der Waals surface area contributed by atoms with Crippen LogP contribution in [0.15, 0.2) is 18.6 Å². The lowest BCUT2D eigenvalue weighted by atomic mass is 10.2. The van der Waals surface area contributed by atoms with Gasteiger partial charge in [-0.2, -0.15) is 0 Å². The highest BCUT2D eigenvalue weighted by atomic mass is 16.1. The maximum absolute atomic E-state index is 11.5. The largest absolute Gasteiger partial charge is 0.354 e. The summed E-state index contributed by atoms with van der Waals surface area (Å²) in [7, 11) is 3.24. The molecular weight excluding hydrogens is 208 g/mol. The number of amides is 1. The molecule has 2 aromatic heterocycles. The maximum Gasteiger partial charge on any atom is 0.273 e. The summed E-state index contributed by atoms with van der Waals surface area (Å²) < 4.78 is 1.49. The molecule has 7 nitrogen and oxygen atoms in total. The van der Waals surface area contributed by atoms with Gasteiger partial charge in [-0.05, 0) is 0 Å². The monoisotopic (exact) mass is 218 g/mol. The van der Waals surface area contributed by atoms with Crippen LogP contribution in [0, 0.1) is 0 Å². The molecular formula is C9H10N6O. The Kier molecular flexibility index (Phi) is 2.59. The van der Waals surface area contributed by atoms with Gasteiger partial charge in [0.1, 0.15) is 11.4 Å². The van der Waals surface area contributed by atoms with Gasteiger partial charge in [0, 0.05) is 26.5 Å². The number of carbonyl (C=O) groups excluding carboxylic acids is 1. The molecule has 2 aromatic rings. The first-order valence-electron chi connectivity index (χ1n) is 4.62. The van der Waals surface area contributed by atoms with Crippen molar-refractivity contribution >= 4 is 5.91 Å². The highest BCUT2D eigenvalue weighted by Crippen LogP contribution is 2.17. The smallest absolute Gasteiger partial charge is 0.273 e. The zero-order valence-electron chi connectivity index (χ0n) is 8.88. The van der Waals surface area contributed by atoms with Crippen molar-refractivity contribution in [3.05, 3.63) is 24.3 Å². The lowest BCUT2D eigenvalue weighted by molar-refractivity contribution is 0.0958. The molecule has 0 bridgehead atoms. The molecule has 1 amide bonds. The molecule has 2 rings (SSSR count). The fraction of sp³-hybridized carbons (Fsp3) is 0.222. The molecule has 2 heterocycles. The average Bonchev–Trinajstić information content (AvgIpc) is 2.71. The average molecular weight is 218 g/mol. The van der Waals surface area contributed by atoms with Crippen LogP contribution in [0.2, 0.25) is 0 Å². The normalized spacial score (nSPS) is 10.1. The van der Waals surface area contributed by atoms with Crippen LogP contribution < -0.4 is 5.32 Å². The van der Waals surface area contributed by atoms with Gasteiger partial charge in [0.05, 0.1) is 6.20 Å². The summed E-state index contributed by atoms with van der Waals surface area (Å²) in [6.07, 6.45) is 4.67. The van der Waals surface area contributed by atoms with E-state index in [4.69, 9.17) is 0 Å². The van der Waals surface area contributed by atoms with Crippen molar-refractivity contribution < 1.29 is 4.79 Å². The number of nitrogens with zero attached hydrogens (tertiary/aromatic N) is 5. The summed E-state index contributed by atoms with van der Waals surface area (Å²) in [6.45, 7) is 0. The number of aromatic nitrogens is 5. The van der Waals surface area contributed by atoms with E-state index in [9.17, 15) is 4.79 Å². The van der Waals surface area contributed by atoms with E-state index in [-0.39, 0.29) is 11.6 Å². The first kappa shape index (κ1) is 10.2. The first-order chi connectivity index (χ1) is 7.74. The highest BCUT2D eigenvalue weighted by Gasteiger charge is 2.19. The fourth-order valence-corrected chi connectivity index (χ4v) is 1.34. The van der Waals surface area contributed by atoms with E-state index < -0.39 is 0 Å². The molecule has 16 heavy (non-hydrogen) atoms. The summed E-state index contributed by atoms with van der Waals surface area (Å²) in [5.41, 5.74) is 1.35. The molecule has 7 heteroatoms. The van der Waals surface area contributed by atoms with Gasteiger partial charge in [-0.25, -0.2) is 4.68 Å². The molecule has 0 spiro atoms. The minimum atomic E-state index is -0.297. The summed E-state index contributed by atoms with van der Waals surface area (Å²) >= 11 is 0. The number of rotatable bonds is 2. The van der Waals surface area contributed by atoms with Crippen LogP contribution in [0.5, 0.6) is 0 Å². The number of nitrogens with one attached hydrogen (secondary N) is 1. The number of hydrogen-bond donors (Lipinski definition) is 1. The Morgan fingerprint density at radius 2 is 2.25 bits per heavy atom. The fourth-order valence-electron chi connectivity index (χ4n) is 1.34. The van der Waals surface area contributed by atoms with E-state index in [0.29, 0.717) is 11.4 Å². The Labute approximate surface area is 91.5 Å². The molecule has 1 N–H and O–H groups in total. The van der Waals surface area contributed by atoms with E-state index in [0.717, 1.165) is 0 Å². The lowest BCUT2D eigenvalue weighted by Crippen LogP contribution is -2.19. The van der Waals surface area contributed by atoms with Gasteiger partial charge in [-0.3, -0.25) is 14.8 Å². The zero-order chi connectivity index (χ0) is 11.5. The second-order valence-electron chi connectivity index (χ2n) is 3.08. The summed E-state index contributed by atoms with van der Waals surface area (Å²) in [6, 6.07) is 0. The molecule has 0 atom stereocenters. The molecule has 0 radical (unpaired) electrons. The third-order valence-electron chi connectivity index (χ3n) is 2.07. The van der Waals surface area contributed by atoms with Gasteiger partial charge in [0.25, 0.3) is 5.91 Å². The minimum absolute atomic E-state index is 0.241. The van der Waals surface area contributed by atoms with Gasteiger partial charge >= 0.3 is 0 Å². The summed E-state index contributed by atoms with van der Waals surface area (Å²) in [5.74, 6) is -0.297. The predicted molar refractivity (Wildman–Crippen MR) is 55.4 cm³/mol. The van der Waals surface area contributed by atoms with E-state index in [1.165, 1.54) is 11.7 Å². The Bertz CT molecular complexity index is 506.